The molecule has 0 saturated carbocycles. The third kappa shape index (κ3) is 4.63. The van der Waals surface area contributed by atoms with Gasteiger partial charge < -0.3 is 10.4 Å². The molecule has 0 aromatic rings. The summed E-state index contributed by atoms with van der Waals surface area (Å²) in [6.07, 6.45) is 0.572. The first kappa shape index (κ1) is 15.6. The van der Waals surface area contributed by atoms with E-state index in [1.54, 1.807) is 0 Å². The molecule has 1 aliphatic rings. The van der Waals surface area contributed by atoms with E-state index in [0.29, 0.717) is 19.5 Å². The van der Waals surface area contributed by atoms with E-state index in [9.17, 15) is 14.4 Å². The Morgan fingerprint density at radius 2 is 2.00 bits per heavy atom. The van der Waals surface area contributed by atoms with Crippen LogP contribution >= 0.6 is 0 Å². The van der Waals surface area contributed by atoms with Crippen molar-refractivity contribution in [3.63, 3.8) is 0 Å². The molecule has 2 N–H and O–H groups in total. The highest BCUT2D eigenvalue weighted by Crippen LogP contribution is 2.15. The molecule has 1 aliphatic heterocycles. The predicted molar refractivity (Wildman–Crippen MR) is 69.6 cm³/mol. The number of carboxylic acids is 1. The van der Waals surface area contributed by atoms with E-state index in [4.69, 9.17) is 5.11 Å². The lowest BCUT2D eigenvalue weighted by atomic mass is 10.0. The minimum absolute atomic E-state index is 0.0480. The number of rotatable bonds is 6. The molecule has 2 atom stereocenters. The average Bonchev–Trinajstić information content (AvgIpc) is 2.73. The van der Waals surface area contributed by atoms with E-state index >= 15 is 0 Å². The molecule has 6 nitrogen and oxygen atoms in total. The zero-order chi connectivity index (χ0) is 14.6. The van der Waals surface area contributed by atoms with E-state index < -0.39 is 12.0 Å². The van der Waals surface area contributed by atoms with Gasteiger partial charge in [-0.3, -0.25) is 19.3 Å². The number of likely N-dealkylation sites (tertiary alicyclic amines) is 1. The summed E-state index contributed by atoms with van der Waals surface area (Å²) in [4.78, 5) is 35.9. The van der Waals surface area contributed by atoms with Crippen LogP contribution in [0.15, 0.2) is 0 Å². The smallest absolute Gasteiger partial charge is 0.307 e. The van der Waals surface area contributed by atoms with Crippen molar-refractivity contribution >= 4 is 17.7 Å². The van der Waals surface area contributed by atoms with Crippen molar-refractivity contribution in [2.75, 3.05) is 19.6 Å². The Bertz CT molecular complexity index is 368. The first-order valence-electron chi connectivity index (χ1n) is 6.56. The second-order valence-corrected chi connectivity index (χ2v) is 5.46. The van der Waals surface area contributed by atoms with Crippen LogP contribution in [0.1, 0.15) is 27.2 Å². The van der Waals surface area contributed by atoms with Crippen molar-refractivity contribution < 1.29 is 19.5 Å². The number of nitrogens with zero attached hydrogens (tertiary/aromatic N) is 1. The van der Waals surface area contributed by atoms with E-state index in [-0.39, 0.29) is 30.1 Å². The number of ketones is 1. The molecule has 108 valence electrons. The summed E-state index contributed by atoms with van der Waals surface area (Å²) in [7, 11) is 0. The second kappa shape index (κ2) is 6.65. The fourth-order valence-electron chi connectivity index (χ4n) is 2.34. The molecule has 1 saturated heterocycles. The van der Waals surface area contributed by atoms with Crippen molar-refractivity contribution in [1.29, 1.82) is 0 Å². The van der Waals surface area contributed by atoms with Gasteiger partial charge >= 0.3 is 5.97 Å². The monoisotopic (exact) mass is 270 g/mol. The lowest BCUT2D eigenvalue weighted by Gasteiger charge is -2.21. The Morgan fingerprint density at radius 3 is 2.42 bits per heavy atom. The van der Waals surface area contributed by atoms with Crippen LogP contribution in [0.4, 0.5) is 0 Å². The van der Waals surface area contributed by atoms with Gasteiger partial charge in [0.05, 0.1) is 18.5 Å². The Hall–Kier alpha value is -1.43. The number of amides is 1. The van der Waals surface area contributed by atoms with Gasteiger partial charge in [0.15, 0.2) is 5.78 Å². The Morgan fingerprint density at radius 1 is 1.37 bits per heavy atom. The van der Waals surface area contributed by atoms with Gasteiger partial charge in [-0.15, -0.1) is 0 Å². The Kier molecular flexibility index (Phi) is 5.47. The van der Waals surface area contributed by atoms with Gasteiger partial charge in [0.1, 0.15) is 0 Å². The number of hydrogen-bond donors (Lipinski definition) is 2. The fraction of sp³-hybridized carbons (Fsp3) is 0.769. The van der Waals surface area contributed by atoms with Gasteiger partial charge in [0.25, 0.3) is 0 Å². The van der Waals surface area contributed by atoms with Gasteiger partial charge in [-0.05, 0) is 25.8 Å². The average molecular weight is 270 g/mol. The molecule has 1 amide bonds. The van der Waals surface area contributed by atoms with Crippen molar-refractivity contribution in [2.24, 2.45) is 11.8 Å². The molecule has 0 radical (unpaired) electrons. The molecular weight excluding hydrogens is 248 g/mol. The zero-order valence-corrected chi connectivity index (χ0v) is 11.7. The van der Waals surface area contributed by atoms with E-state index in [1.165, 1.54) is 6.92 Å². The van der Waals surface area contributed by atoms with Crippen LogP contribution in [0.25, 0.3) is 0 Å². The summed E-state index contributed by atoms with van der Waals surface area (Å²) in [5.41, 5.74) is 0. The quantitative estimate of drug-likeness (QED) is 0.716. The van der Waals surface area contributed by atoms with E-state index in [1.807, 2.05) is 18.7 Å². The van der Waals surface area contributed by atoms with Crippen molar-refractivity contribution in [3.8, 4) is 0 Å². The Balaban J connectivity index is 2.44. The topological polar surface area (TPSA) is 86.7 Å². The molecule has 0 aromatic heterocycles. The van der Waals surface area contributed by atoms with Crippen molar-refractivity contribution in [1.82, 2.24) is 10.2 Å². The first-order valence-corrected chi connectivity index (χ1v) is 6.56. The van der Waals surface area contributed by atoms with Crippen LogP contribution in [0, 0.1) is 11.8 Å². The maximum atomic E-state index is 11.8. The molecule has 1 fully saturated rings. The summed E-state index contributed by atoms with van der Waals surface area (Å²) in [6, 6.07) is -0.467. The maximum Gasteiger partial charge on any atom is 0.307 e. The molecule has 1 rings (SSSR count). The molecular formula is C13H22N2O4. The summed E-state index contributed by atoms with van der Waals surface area (Å²) < 4.78 is 0. The Labute approximate surface area is 113 Å². The van der Waals surface area contributed by atoms with Gasteiger partial charge in [-0.1, -0.05) is 13.8 Å². The molecule has 2 unspecified atom stereocenters. The van der Waals surface area contributed by atoms with Crippen LogP contribution in [-0.2, 0) is 14.4 Å². The third-order valence-corrected chi connectivity index (χ3v) is 3.41. The largest absolute Gasteiger partial charge is 0.481 e. The summed E-state index contributed by atoms with van der Waals surface area (Å²) in [6.45, 7) is 6.37. The molecule has 0 spiro atoms. The minimum atomic E-state index is -0.813. The lowest BCUT2D eigenvalue weighted by Crippen LogP contribution is -2.47. The highest BCUT2D eigenvalue weighted by atomic mass is 16.4. The highest BCUT2D eigenvalue weighted by Gasteiger charge is 2.29. The van der Waals surface area contributed by atoms with E-state index in [2.05, 4.69) is 5.32 Å². The zero-order valence-electron chi connectivity index (χ0n) is 11.7. The SMILES string of the molecule is CC(=O)C(NC(=O)CN1CCC(C(=O)O)C1)C(C)C. The molecule has 0 bridgehead atoms. The fourth-order valence-corrected chi connectivity index (χ4v) is 2.34. The van der Waals surface area contributed by atoms with Gasteiger partial charge in [-0.2, -0.15) is 0 Å². The van der Waals surface area contributed by atoms with Crippen molar-refractivity contribution in [3.05, 3.63) is 0 Å². The highest BCUT2D eigenvalue weighted by molar-refractivity contribution is 5.88. The minimum Gasteiger partial charge on any atom is -0.481 e. The summed E-state index contributed by atoms with van der Waals surface area (Å²) >= 11 is 0. The lowest BCUT2D eigenvalue weighted by molar-refractivity contribution is -0.141. The first-order chi connectivity index (χ1) is 8.81. The molecule has 0 aliphatic carbocycles. The number of aliphatic carboxylic acids is 1. The number of nitrogens with one attached hydrogen (secondary N) is 1. The normalized spacial score (nSPS) is 21.4. The number of carbonyl (C=O) groups excluding carboxylic acids is 2. The summed E-state index contributed by atoms with van der Waals surface area (Å²) in [5, 5.41) is 11.6. The molecule has 6 heteroatoms. The van der Waals surface area contributed by atoms with E-state index in [0.717, 1.165) is 0 Å². The van der Waals surface area contributed by atoms with Crippen molar-refractivity contribution in [2.45, 2.75) is 33.2 Å². The predicted octanol–water partition coefficient (Wildman–Crippen LogP) is 0.123. The maximum absolute atomic E-state index is 11.8. The molecule has 19 heavy (non-hydrogen) atoms. The summed E-state index contributed by atoms with van der Waals surface area (Å²) in [5.74, 6) is -1.44. The third-order valence-electron chi connectivity index (χ3n) is 3.41. The van der Waals surface area contributed by atoms with Crippen LogP contribution in [0.3, 0.4) is 0 Å². The van der Waals surface area contributed by atoms with Crippen LogP contribution in [0.5, 0.6) is 0 Å². The number of Topliss-reactive ketones (excluding diaryl/α,β-unsaturated/α-hetero) is 1. The van der Waals surface area contributed by atoms with Crippen LogP contribution in [0.2, 0.25) is 0 Å². The standard InChI is InChI=1S/C13H22N2O4/c1-8(2)12(9(3)16)14-11(17)7-15-5-4-10(6-15)13(18)19/h8,10,12H,4-7H2,1-3H3,(H,14,17)(H,18,19). The molecule has 1 heterocycles. The number of carbonyl (C=O) groups is 3. The number of hydrogen-bond acceptors (Lipinski definition) is 4. The second-order valence-electron chi connectivity index (χ2n) is 5.46. The number of carboxylic acid groups (broad SMARTS) is 1. The van der Waals surface area contributed by atoms with Gasteiger partial charge in [-0.25, -0.2) is 0 Å². The van der Waals surface area contributed by atoms with Gasteiger partial charge in [0.2, 0.25) is 5.91 Å². The van der Waals surface area contributed by atoms with Gasteiger partial charge in [0, 0.05) is 6.54 Å². The van der Waals surface area contributed by atoms with Crippen LogP contribution in [-0.4, -0.2) is 53.3 Å². The molecule has 0 aromatic carbocycles. The van der Waals surface area contributed by atoms with Crippen LogP contribution < -0.4 is 5.32 Å².